The van der Waals surface area contributed by atoms with Crippen molar-refractivity contribution < 1.29 is 0 Å². The molecule has 0 radical (unpaired) electrons. The van der Waals surface area contributed by atoms with Gasteiger partial charge in [0.15, 0.2) is 0 Å². The van der Waals surface area contributed by atoms with Gasteiger partial charge in [-0.1, -0.05) is 24.3 Å². The van der Waals surface area contributed by atoms with Crippen LogP contribution in [0.4, 0.5) is 11.4 Å². The van der Waals surface area contributed by atoms with E-state index >= 15 is 0 Å². The van der Waals surface area contributed by atoms with Gasteiger partial charge in [0.05, 0.1) is 11.3 Å². The van der Waals surface area contributed by atoms with E-state index in [0.29, 0.717) is 0 Å². The molecule has 0 spiro atoms. The number of nitriles is 1. The number of para-hydroxylation sites is 1. The summed E-state index contributed by atoms with van der Waals surface area (Å²) in [5.74, 6) is 0. The second-order valence-corrected chi connectivity index (χ2v) is 4.66. The smallest absolute Gasteiger partial charge is 0.101 e. The fourth-order valence-corrected chi connectivity index (χ4v) is 2.30. The number of aryl methyl sites for hydroxylation is 2. The van der Waals surface area contributed by atoms with Crippen molar-refractivity contribution in [1.29, 1.82) is 5.26 Å². The molecule has 0 aliphatic carbocycles. The number of benzene rings is 2. The molecular formula is C17H18N2. The normalized spacial score (nSPS) is 10.0. The molecule has 19 heavy (non-hydrogen) atoms. The van der Waals surface area contributed by atoms with Crippen LogP contribution in [0.5, 0.6) is 0 Å². The van der Waals surface area contributed by atoms with E-state index in [1.807, 2.05) is 24.3 Å². The topological polar surface area (TPSA) is 27.0 Å². The molecular weight excluding hydrogens is 232 g/mol. The Kier molecular flexibility index (Phi) is 3.87. The van der Waals surface area contributed by atoms with Gasteiger partial charge < -0.3 is 4.90 Å². The van der Waals surface area contributed by atoms with Gasteiger partial charge in [0, 0.05) is 12.2 Å². The highest BCUT2D eigenvalue weighted by atomic mass is 15.1. The van der Waals surface area contributed by atoms with Crippen LogP contribution in [-0.2, 0) is 0 Å². The SMILES string of the molecule is CCN(c1ccccc1C)c1cc(C)ccc1C#N. The highest BCUT2D eigenvalue weighted by Gasteiger charge is 2.13. The minimum Gasteiger partial charge on any atom is -0.340 e. The highest BCUT2D eigenvalue weighted by molar-refractivity contribution is 5.71. The van der Waals surface area contributed by atoms with Gasteiger partial charge in [-0.3, -0.25) is 0 Å². The van der Waals surface area contributed by atoms with Gasteiger partial charge >= 0.3 is 0 Å². The van der Waals surface area contributed by atoms with Crippen LogP contribution < -0.4 is 4.90 Å². The maximum Gasteiger partial charge on any atom is 0.101 e. The molecule has 96 valence electrons. The van der Waals surface area contributed by atoms with E-state index in [2.05, 4.69) is 49.9 Å². The van der Waals surface area contributed by atoms with Crippen molar-refractivity contribution in [1.82, 2.24) is 0 Å². The van der Waals surface area contributed by atoms with Crippen LogP contribution in [0.25, 0.3) is 0 Å². The summed E-state index contributed by atoms with van der Waals surface area (Å²) in [7, 11) is 0. The maximum absolute atomic E-state index is 9.29. The molecule has 0 unspecified atom stereocenters. The fourth-order valence-electron chi connectivity index (χ4n) is 2.30. The van der Waals surface area contributed by atoms with E-state index in [1.54, 1.807) is 0 Å². The summed E-state index contributed by atoms with van der Waals surface area (Å²) in [6, 6.07) is 16.5. The van der Waals surface area contributed by atoms with E-state index in [4.69, 9.17) is 0 Å². The second-order valence-electron chi connectivity index (χ2n) is 4.66. The zero-order valence-corrected chi connectivity index (χ0v) is 11.6. The zero-order valence-electron chi connectivity index (χ0n) is 11.6. The largest absolute Gasteiger partial charge is 0.340 e. The number of rotatable bonds is 3. The Bertz CT molecular complexity index is 623. The van der Waals surface area contributed by atoms with Crippen LogP contribution in [0.2, 0.25) is 0 Å². The van der Waals surface area contributed by atoms with E-state index in [-0.39, 0.29) is 0 Å². The van der Waals surface area contributed by atoms with Gasteiger partial charge in [0.2, 0.25) is 0 Å². The number of hydrogen-bond donors (Lipinski definition) is 0. The lowest BCUT2D eigenvalue weighted by Crippen LogP contribution is -2.18. The lowest BCUT2D eigenvalue weighted by Gasteiger charge is -2.26. The monoisotopic (exact) mass is 250 g/mol. The van der Waals surface area contributed by atoms with Crippen molar-refractivity contribution in [2.24, 2.45) is 0 Å². The Morgan fingerprint density at radius 2 is 1.79 bits per heavy atom. The van der Waals surface area contributed by atoms with Gasteiger partial charge in [0.25, 0.3) is 0 Å². The molecule has 0 saturated heterocycles. The molecule has 0 amide bonds. The van der Waals surface area contributed by atoms with E-state index < -0.39 is 0 Å². The molecule has 0 heterocycles. The Balaban J connectivity index is 2.58. The molecule has 0 N–H and O–H groups in total. The van der Waals surface area contributed by atoms with E-state index in [1.165, 1.54) is 11.1 Å². The Morgan fingerprint density at radius 1 is 1.05 bits per heavy atom. The molecule has 2 heteroatoms. The van der Waals surface area contributed by atoms with Crippen molar-refractivity contribution in [2.45, 2.75) is 20.8 Å². The zero-order chi connectivity index (χ0) is 13.8. The molecule has 0 saturated carbocycles. The summed E-state index contributed by atoms with van der Waals surface area (Å²) in [5.41, 5.74) is 5.25. The predicted molar refractivity (Wildman–Crippen MR) is 79.8 cm³/mol. The van der Waals surface area contributed by atoms with Crippen LogP contribution in [0, 0.1) is 25.2 Å². The highest BCUT2D eigenvalue weighted by Crippen LogP contribution is 2.31. The minimum atomic E-state index is 0.718. The number of nitrogens with zero attached hydrogens (tertiary/aromatic N) is 2. The molecule has 0 atom stereocenters. The van der Waals surface area contributed by atoms with Gasteiger partial charge in [-0.05, 0) is 50.1 Å². The molecule has 2 aromatic carbocycles. The molecule has 2 aromatic rings. The first-order chi connectivity index (χ1) is 9.17. The molecule has 0 bridgehead atoms. The molecule has 0 aliphatic rings. The lowest BCUT2D eigenvalue weighted by molar-refractivity contribution is 1.01. The standard InChI is InChI=1S/C17H18N2/c1-4-19(16-8-6-5-7-14(16)3)17-11-13(2)9-10-15(17)12-18/h5-11H,4H2,1-3H3. The van der Waals surface area contributed by atoms with Gasteiger partial charge in [-0.15, -0.1) is 0 Å². The summed E-state index contributed by atoms with van der Waals surface area (Å²) in [5, 5.41) is 9.29. The third kappa shape index (κ3) is 2.61. The molecule has 0 aliphatic heterocycles. The Hall–Kier alpha value is -2.27. The summed E-state index contributed by atoms with van der Waals surface area (Å²) in [4.78, 5) is 2.20. The van der Waals surface area contributed by atoms with E-state index in [9.17, 15) is 5.26 Å². The number of hydrogen-bond acceptors (Lipinski definition) is 2. The van der Waals surface area contributed by atoms with Crippen molar-refractivity contribution >= 4 is 11.4 Å². The second kappa shape index (κ2) is 5.58. The fraction of sp³-hybridized carbons (Fsp3) is 0.235. The van der Waals surface area contributed by atoms with Crippen molar-refractivity contribution in [2.75, 3.05) is 11.4 Å². The summed E-state index contributed by atoms with van der Waals surface area (Å²) < 4.78 is 0. The third-order valence-electron chi connectivity index (χ3n) is 3.29. The first-order valence-corrected chi connectivity index (χ1v) is 6.51. The average Bonchev–Trinajstić information content (AvgIpc) is 2.42. The molecule has 0 fully saturated rings. The van der Waals surface area contributed by atoms with Gasteiger partial charge in [-0.2, -0.15) is 5.26 Å². The Morgan fingerprint density at radius 3 is 2.42 bits per heavy atom. The molecule has 2 rings (SSSR count). The van der Waals surface area contributed by atoms with Crippen LogP contribution in [0.15, 0.2) is 42.5 Å². The summed E-state index contributed by atoms with van der Waals surface area (Å²) >= 11 is 0. The van der Waals surface area contributed by atoms with Crippen molar-refractivity contribution in [3.63, 3.8) is 0 Å². The molecule has 0 aromatic heterocycles. The molecule has 2 nitrogen and oxygen atoms in total. The van der Waals surface area contributed by atoms with Crippen LogP contribution >= 0.6 is 0 Å². The van der Waals surface area contributed by atoms with Crippen LogP contribution in [0.3, 0.4) is 0 Å². The number of anilines is 2. The first kappa shape index (κ1) is 13.2. The van der Waals surface area contributed by atoms with Crippen molar-refractivity contribution in [3.8, 4) is 6.07 Å². The quantitative estimate of drug-likeness (QED) is 0.810. The average molecular weight is 250 g/mol. The third-order valence-corrected chi connectivity index (χ3v) is 3.29. The van der Waals surface area contributed by atoms with Crippen LogP contribution in [0.1, 0.15) is 23.6 Å². The van der Waals surface area contributed by atoms with E-state index in [0.717, 1.165) is 23.5 Å². The maximum atomic E-state index is 9.29. The first-order valence-electron chi connectivity index (χ1n) is 6.51. The summed E-state index contributed by atoms with van der Waals surface area (Å²) in [6.07, 6.45) is 0. The minimum absolute atomic E-state index is 0.718. The predicted octanol–water partition coefficient (Wildman–Crippen LogP) is 4.33. The van der Waals surface area contributed by atoms with Gasteiger partial charge in [-0.25, -0.2) is 0 Å². The lowest BCUT2D eigenvalue weighted by atomic mass is 10.1. The van der Waals surface area contributed by atoms with Crippen molar-refractivity contribution in [3.05, 3.63) is 59.2 Å². The van der Waals surface area contributed by atoms with Crippen LogP contribution in [-0.4, -0.2) is 6.54 Å². The Labute approximate surface area is 114 Å². The summed E-state index contributed by atoms with van der Waals surface area (Å²) in [6.45, 7) is 7.09. The van der Waals surface area contributed by atoms with Gasteiger partial charge in [0.1, 0.15) is 6.07 Å².